The van der Waals surface area contributed by atoms with Crippen LogP contribution in [0.2, 0.25) is 0 Å². The zero-order chi connectivity index (χ0) is 12.3. The summed E-state index contributed by atoms with van der Waals surface area (Å²) in [5.41, 5.74) is 8.85. The van der Waals surface area contributed by atoms with Crippen LogP contribution in [0.25, 0.3) is 0 Å². The number of nitrogens with two attached hydrogens (primary N) is 1. The van der Waals surface area contributed by atoms with Gasteiger partial charge in [-0.25, -0.2) is 0 Å². The van der Waals surface area contributed by atoms with Crippen LogP contribution in [0.3, 0.4) is 0 Å². The van der Waals surface area contributed by atoms with Crippen LogP contribution in [0.4, 0.5) is 0 Å². The minimum absolute atomic E-state index is 0.188. The molecule has 0 amide bonds. The topological polar surface area (TPSA) is 70.1 Å². The van der Waals surface area contributed by atoms with Gasteiger partial charge in [-0.1, -0.05) is 0 Å². The molecule has 16 heavy (non-hydrogen) atoms. The lowest BCUT2D eigenvalue weighted by atomic mass is 10.0. The molecular formula is C11H19N3O2. The van der Waals surface area contributed by atoms with Gasteiger partial charge in [0.1, 0.15) is 0 Å². The quantitative estimate of drug-likeness (QED) is 0.778. The van der Waals surface area contributed by atoms with E-state index in [2.05, 4.69) is 9.84 Å². The highest BCUT2D eigenvalue weighted by molar-refractivity contribution is 5.70. The Morgan fingerprint density at radius 1 is 1.56 bits per heavy atom. The van der Waals surface area contributed by atoms with E-state index in [1.165, 1.54) is 7.11 Å². The predicted octanol–water partition coefficient (Wildman–Crippen LogP) is 1.08. The Bertz CT molecular complexity index is 385. The maximum absolute atomic E-state index is 11.2. The summed E-state index contributed by atoms with van der Waals surface area (Å²) in [6.45, 7) is 6.70. The third-order valence-electron chi connectivity index (χ3n) is 2.72. The number of ether oxygens (including phenoxy) is 1. The van der Waals surface area contributed by atoms with Crippen LogP contribution in [0.15, 0.2) is 0 Å². The first-order valence-electron chi connectivity index (χ1n) is 5.37. The molecule has 0 radical (unpaired) electrons. The summed E-state index contributed by atoms with van der Waals surface area (Å²) < 4.78 is 6.50. The van der Waals surface area contributed by atoms with Gasteiger partial charge in [-0.2, -0.15) is 5.10 Å². The van der Waals surface area contributed by atoms with Gasteiger partial charge >= 0.3 is 5.97 Å². The summed E-state index contributed by atoms with van der Waals surface area (Å²) in [5.74, 6) is -0.296. The normalized spacial score (nSPS) is 12.6. The van der Waals surface area contributed by atoms with E-state index < -0.39 is 0 Å². The van der Waals surface area contributed by atoms with Gasteiger partial charge in [0.05, 0.1) is 19.2 Å². The molecule has 5 nitrogen and oxygen atoms in total. The fraction of sp³-hybridized carbons (Fsp3) is 0.636. The van der Waals surface area contributed by atoms with Gasteiger partial charge < -0.3 is 10.5 Å². The molecule has 0 unspecified atom stereocenters. The van der Waals surface area contributed by atoms with Crippen molar-refractivity contribution in [1.29, 1.82) is 0 Å². The number of esters is 1. The molecule has 1 heterocycles. The minimum Gasteiger partial charge on any atom is -0.469 e. The number of rotatable bonds is 4. The first-order valence-corrected chi connectivity index (χ1v) is 5.37. The molecule has 0 aliphatic carbocycles. The van der Waals surface area contributed by atoms with Crippen LogP contribution in [0.5, 0.6) is 0 Å². The molecule has 0 saturated heterocycles. The zero-order valence-corrected chi connectivity index (χ0v) is 10.3. The van der Waals surface area contributed by atoms with Gasteiger partial charge in [0.2, 0.25) is 0 Å². The Kier molecular flexibility index (Phi) is 4.06. The number of aryl methyl sites for hydroxylation is 2. The Hall–Kier alpha value is -1.36. The summed E-state index contributed by atoms with van der Waals surface area (Å²) in [4.78, 5) is 11.2. The van der Waals surface area contributed by atoms with Crippen molar-refractivity contribution in [1.82, 2.24) is 9.78 Å². The molecule has 0 spiro atoms. The van der Waals surface area contributed by atoms with E-state index in [1.54, 1.807) is 0 Å². The Balaban J connectivity index is 2.94. The van der Waals surface area contributed by atoms with Gasteiger partial charge in [-0.05, 0) is 20.8 Å². The molecule has 1 atom stereocenters. The highest BCUT2D eigenvalue weighted by atomic mass is 16.5. The van der Waals surface area contributed by atoms with Crippen LogP contribution in [-0.4, -0.2) is 22.9 Å². The molecule has 0 aliphatic heterocycles. The predicted molar refractivity (Wildman–Crippen MR) is 60.9 cm³/mol. The SMILES string of the molecule is CCn1nc(C)c([C@@H](N)CC(=O)OC)c1C. The Morgan fingerprint density at radius 3 is 2.62 bits per heavy atom. The lowest BCUT2D eigenvalue weighted by Gasteiger charge is -2.11. The molecule has 2 N–H and O–H groups in total. The van der Waals surface area contributed by atoms with E-state index >= 15 is 0 Å². The van der Waals surface area contributed by atoms with Crippen molar-refractivity contribution < 1.29 is 9.53 Å². The van der Waals surface area contributed by atoms with E-state index in [0.717, 1.165) is 23.5 Å². The summed E-state index contributed by atoms with van der Waals surface area (Å²) >= 11 is 0. The molecule has 0 fully saturated rings. The molecule has 1 aromatic rings. The number of aromatic nitrogens is 2. The van der Waals surface area contributed by atoms with Gasteiger partial charge in [0.25, 0.3) is 0 Å². The number of hydrogen-bond acceptors (Lipinski definition) is 4. The van der Waals surface area contributed by atoms with Crippen molar-refractivity contribution in [3.8, 4) is 0 Å². The molecule has 1 rings (SSSR count). The average Bonchev–Trinajstić information content (AvgIpc) is 2.53. The highest BCUT2D eigenvalue weighted by Crippen LogP contribution is 2.22. The highest BCUT2D eigenvalue weighted by Gasteiger charge is 2.20. The van der Waals surface area contributed by atoms with Gasteiger partial charge in [-0.15, -0.1) is 0 Å². The summed E-state index contributed by atoms with van der Waals surface area (Å²) in [6.07, 6.45) is 0.188. The van der Waals surface area contributed by atoms with E-state index in [9.17, 15) is 4.79 Å². The fourth-order valence-corrected chi connectivity index (χ4v) is 1.92. The second kappa shape index (κ2) is 5.12. The first-order chi connectivity index (χ1) is 7.51. The average molecular weight is 225 g/mol. The number of carbonyl (C=O) groups excluding carboxylic acids is 1. The second-order valence-corrected chi connectivity index (χ2v) is 3.79. The lowest BCUT2D eigenvalue weighted by molar-refractivity contribution is -0.141. The molecule has 1 aromatic heterocycles. The largest absolute Gasteiger partial charge is 0.469 e. The van der Waals surface area contributed by atoms with Crippen molar-refractivity contribution >= 4 is 5.97 Å². The molecule has 5 heteroatoms. The van der Waals surface area contributed by atoms with Crippen LogP contribution < -0.4 is 5.73 Å². The van der Waals surface area contributed by atoms with Gasteiger partial charge in [0, 0.05) is 23.8 Å². The number of nitrogens with zero attached hydrogens (tertiary/aromatic N) is 2. The molecular weight excluding hydrogens is 206 g/mol. The van der Waals surface area contributed by atoms with Gasteiger partial charge in [0.15, 0.2) is 0 Å². The van der Waals surface area contributed by atoms with E-state index in [0.29, 0.717) is 0 Å². The van der Waals surface area contributed by atoms with Crippen molar-refractivity contribution in [2.75, 3.05) is 7.11 Å². The second-order valence-electron chi connectivity index (χ2n) is 3.79. The Labute approximate surface area is 95.6 Å². The molecule has 90 valence electrons. The standard InChI is InChI=1S/C11H19N3O2/c1-5-14-8(3)11(7(2)13-14)9(12)6-10(15)16-4/h9H,5-6,12H2,1-4H3/t9-/m0/s1. The van der Waals surface area contributed by atoms with Crippen molar-refractivity contribution in [3.63, 3.8) is 0 Å². The third-order valence-corrected chi connectivity index (χ3v) is 2.72. The van der Waals surface area contributed by atoms with E-state index in [-0.39, 0.29) is 18.4 Å². The maximum Gasteiger partial charge on any atom is 0.307 e. The molecule has 0 saturated carbocycles. The summed E-state index contributed by atoms with van der Waals surface area (Å²) in [6, 6.07) is -0.340. The monoisotopic (exact) mass is 225 g/mol. The van der Waals surface area contributed by atoms with E-state index in [4.69, 9.17) is 5.73 Å². The first kappa shape index (κ1) is 12.7. The van der Waals surface area contributed by atoms with Crippen molar-refractivity contribution in [2.45, 2.75) is 39.8 Å². The number of methoxy groups -OCH3 is 1. The van der Waals surface area contributed by atoms with Crippen LogP contribution >= 0.6 is 0 Å². The maximum atomic E-state index is 11.2. The number of carbonyl (C=O) groups is 1. The van der Waals surface area contributed by atoms with Crippen molar-refractivity contribution in [2.24, 2.45) is 5.73 Å². The summed E-state index contributed by atoms with van der Waals surface area (Å²) in [5, 5.41) is 4.37. The molecule has 0 aromatic carbocycles. The summed E-state index contributed by atoms with van der Waals surface area (Å²) in [7, 11) is 1.37. The third kappa shape index (κ3) is 2.41. The number of hydrogen-bond donors (Lipinski definition) is 1. The fourth-order valence-electron chi connectivity index (χ4n) is 1.92. The van der Waals surface area contributed by atoms with E-state index in [1.807, 2.05) is 25.5 Å². The van der Waals surface area contributed by atoms with Crippen molar-refractivity contribution in [3.05, 3.63) is 17.0 Å². The van der Waals surface area contributed by atoms with Crippen LogP contribution in [0.1, 0.15) is 36.3 Å². The smallest absolute Gasteiger partial charge is 0.307 e. The van der Waals surface area contributed by atoms with Gasteiger partial charge in [-0.3, -0.25) is 9.48 Å². The van der Waals surface area contributed by atoms with Crippen LogP contribution in [0, 0.1) is 13.8 Å². The molecule has 0 bridgehead atoms. The zero-order valence-electron chi connectivity index (χ0n) is 10.3. The Morgan fingerprint density at radius 2 is 2.19 bits per heavy atom. The molecule has 0 aliphatic rings. The lowest BCUT2D eigenvalue weighted by Crippen LogP contribution is -2.17. The van der Waals surface area contributed by atoms with Crippen LogP contribution in [-0.2, 0) is 16.1 Å². The minimum atomic E-state index is -0.340.